The van der Waals surface area contributed by atoms with E-state index in [-0.39, 0.29) is 12.1 Å². The minimum atomic E-state index is -0.450. The maximum atomic E-state index is 11.9. The molecule has 0 aliphatic heterocycles. The Morgan fingerprint density at radius 1 is 1.35 bits per heavy atom. The summed E-state index contributed by atoms with van der Waals surface area (Å²) in [5.41, 5.74) is 5.85. The second-order valence-electron chi connectivity index (χ2n) is 5.66. The summed E-state index contributed by atoms with van der Waals surface area (Å²) in [6.07, 6.45) is 6.56. The first kappa shape index (κ1) is 14.5. The number of rotatable bonds is 5. The van der Waals surface area contributed by atoms with Gasteiger partial charge in [0.15, 0.2) is 0 Å². The number of ether oxygens (including phenoxy) is 1. The van der Waals surface area contributed by atoms with E-state index in [1.807, 2.05) is 0 Å². The van der Waals surface area contributed by atoms with Gasteiger partial charge in [0.2, 0.25) is 0 Å². The number of esters is 1. The molecule has 0 radical (unpaired) electrons. The van der Waals surface area contributed by atoms with Gasteiger partial charge in [0.1, 0.15) is 12.1 Å². The minimum Gasteiger partial charge on any atom is -0.461 e. The average molecular weight is 241 g/mol. The van der Waals surface area contributed by atoms with Crippen LogP contribution in [-0.2, 0) is 9.53 Å². The van der Waals surface area contributed by atoms with Gasteiger partial charge in [0.25, 0.3) is 0 Å². The third kappa shape index (κ3) is 4.66. The highest BCUT2D eigenvalue weighted by atomic mass is 16.5. The third-order valence-electron chi connectivity index (χ3n) is 3.66. The van der Waals surface area contributed by atoms with Crippen LogP contribution in [0.25, 0.3) is 0 Å². The van der Waals surface area contributed by atoms with Crippen molar-refractivity contribution in [3.63, 3.8) is 0 Å². The molecule has 1 saturated carbocycles. The summed E-state index contributed by atoms with van der Waals surface area (Å²) in [6.45, 7) is 6.32. The first-order valence-corrected chi connectivity index (χ1v) is 7.00. The van der Waals surface area contributed by atoms with Crippen molar-refractivity contribution >= 4 is 5.97 Å². The van der Waals surface area contributed by atoms with Crippen molar-refractivity contribution in [1.29, 1.82) is 0 Å². The van der Waals surface area contributed by atoms with E-state index in [4.69, 9.17) is 10.5 Å². The van der Waals surface area contributed by atoms with Gasteiger partial charge >= 0.3 is 5.97 Å². The Morgan fingerprint density at radius 3 is 2.59 bits per heavy atom. The van der Waals surface area contributed by atoms with Gasteiger partial charge in [-0.25, -0.2) is 0 Å². The smallest absolute Gasteiger partial charge is 0.323 e. The zero-order valence-electron chi connectivity index (χ0n) is 11.4. The van der Waals surface area contributed by atoms with Crippen molar-refractivity contribution in [2.45, 2.75) is 71.4 Å². The summed E-state index contributed by atoms with van der Waals surface area (Å²) in [5.74, 6) is 0.772. The molecule has 0 spiro atoms. The summed E-state index contributed by atoms with van der Waals surface area (Å²) in [6, 6.07) is -0.450. The minimum absolute atomic E-state index is 0.111. The quantitative estimate of drug-likeness (QED) is 0.753. The largest absolute Gasteiger partial charge is 0.461 e. The average Bonchev–Trinajstić information content (AvgIpc) is 2.28. The lowest BCUT2D eigenvalue weighted by Gasteiger charge is -2.31. The summed E-state index contributed by atoms with van der Waals surface area (Å²) in [7, 11) is 0. The van der Waals surface area contributed by atoms with Gasteiger partial charge in [0.05, 0.1) is 0 Å². The molecule has 2 N–H and O–H groups in total. The molecule has 0 aromatic rings. The van der Waals surface area contributed by atoms with Crippen molar-refractivity contribution in [3.05, 3.63) is 0 Å². The van der Waals surface area contributed by atoms with E-state index in [1.165, 1.54) is 19.3 Å². The van der Waals surface area contributed by atoms with E-state index in [2.05, 4.69) is 20.8 Å². The molecular weight excluding hydrogens is 214 g/mol. The van der Waals surface area contributed by atoms with Crippen LogP contribution in [0.3, 0.4) is 0 Å². The van der Waals surface area contributed by atoms with Gasteiger partial charge in [-0.05, 0) is 43.9 Å². The monoisotopic (exact) mass is 241 g/mol. The number of nitrogens with two attached hydrogens (primary N) is 1. The lowest BCUT2D eigenvalue weighted by Crippen LogP contribution is -2.39. The topological polar surface area (TPSA) is 52.3 Å². The highest BCUT2D eigenvalue weighted by molar-refractivity contribution is 5.75. The van der Waals surface area contributed by atoms with Gasteiger partial charge in [-0.15, -0.1) is 0 Å². The van der Waals surface area contributed by atoms with Crippen molar-refractivity contribution in [2.75, 3.05) is 0 Å². The molecule has 3 unspecified atom stereocenters. The van der Waals surface area contributed by atoms with Crippen LogP contribution in [0.4, 0.5) is 0 Å². The van der Waals surface area contributed by atoms with Crippen LogP contribution in [0.5, 0.6) is 0 Å². The Hall–Kier alpha value is -0.570. The summed E-state index contributed by atoms with van der Waals surface area (Å²) in [5, 5.41) is 0. The number of carbonyl (C=O) groups is 1. The molecular formula is C14H27NO2. The third-order valence-corrected chi connectivity index (χ3v) is 3.66. The standard InChI is InChI=1S/C14H27NO2/c1-4-11-7-5-6-8-13(11)17-14(16)12(15)9-10(2)3/h10-13H,4-9,15H2,1-3H3. The number of carbonyl (C=O) groups excluding carboxylic acids is 1. The molecule has 0 aromatic heterocycles. The maximum Gasteiger partial charge on any atom is 0.323 e. The molecule has 1 aliphatic carbocycles. The molecule has 3 atom stereocenters. The fourth-order valence-corrected chi connectivity index (χ4v) is 2.64. The molecule has 0 bridgehead atoms. The molecule has 0 amide bonds. The van der Waals surface area contributed by atoms with Gasteiger partial charge in [-0.1, -0.05) is 27.2 Å². The van der Waals surface area contributed by atoms with Crippen LogP contribution < -0.4 is 5.73 Å². The Kier molecular flexibility index (Phi) is 5.96. The van der Waals surface area contributed by atoms with Crippen molar-refractivity contribution in [3.8, 4) is 0 Å². The maximum absolute atomic E-state index is 11.9. The van der Waals surface area contributed by atoms with Crippen LogP contribution in [-0.4, -0.2) is 18.1 Å². The normalized spacial score (nSPS) is 26.9. The second kappa shape index (κ2) is 7.00. The molecule has 3 heteroatoms. The highest BCUT2D eigenvalue weighted by Gasteiger charge is 2.28. The lowest BCUT2D eigenvalue weighted by atomic mass is 9.84. The fourth-order valence-electron chi connectivity index (χ4n) is 2.64. The van der Waals surface area contributed by atoms with Crippen molar-refractivity contribution in [1.82, 2.24) is 0 Å². The van der Waals surface area contributed by atoms with E-state index in [1.54, 1.807) is 0 Å². The predicted molar refractivity (Wildman–Crippen MR) is 69.6 cm³/mol. The van der Waals surface area contributed by atoms with Crippen LogP contribution in [0, 0.1) is 11.8 Å². The molecule has 1 rings (SSSR count). The predicted octanol–water partition coefficient (Wildman–Crippen LogP) is 2.87. The highest BCUT2D eigenvalue weighted by Crippen LogP contribution is 2.29. The van der Waals surface area contributed by atoms with Gasteiger partial charge < -0.3 is 10.5 Å². The second-order valence-corrected chi connectivity index (χ2v) is 5.66. The first-order chi connectivity index (χ1) is 8.04. The van der Waals surface area contributed by atoms with E-state index in [0.717, 1.165) is 12.8 Å². The number of hydrogen-bond acceptors (Lipinski definition) is 3. The van der Waals surface area contributed by atoms with Crippen LogP contribution in [0.2, 0.25) is 0 Å². The molecule has 1 fully saturated rings. The number of hydrogen-bond donors (Lipinski definition) is 1. The van der Waals surface area contributed by atoms with Crippen LogP contribution in [0.15, 0.2) is 0 Å². The van der Waals surface area contributed by atoms with E-state index < -0.39 is 6.04 Å². The molecule has 3 nitrogen and oxygen atoms in total. The summed E-state index contributed by atoms with van der Waals surface area (Å²) in [4.78, 5) is 11.9. The Morgan fingerprint density at radius 2 is 2.00 bits per heavy atom. The molecule has 1 aliphatic rings. The molecule has 17 heavy (non-hydrogen) atoms. The Bertz CT molecular complexity index is 240. The van der Waals surface area contributed by atoms with E-state index in [9.17, 15) is 4.79 Å². The van der Waals surface area contributed by atoms with Crippen molar-refractivity contribution in [2.24, 2.45) is 17.6 Å². The van der Waals surface area contributed by atoms with Gasteiger partial charge in [-0.3, -0.25) is 4.79 Å². The van der Waals surface area contributed by atoms with Crippen LogP contribution in [0.1, 0.15) is 59.3 Å². The molecule has 0 saturated heterocycles. The Labute approximate surface area is 105 Å². The van der Waals surface area contributed by atoms with Crippen molar-refractivity contribution < 1.29 is 9.53 Å². The van der Waals surface area contributed by atoms with Gasteiger partial charge in [0, 0.05) is 0 Å². The molecule has 100 valence electrons. The van der Waals surface area contributed by atoms with Crippen LogP contribution >= 0.6 is 0 Å². The zero-order chi connectivity index (χ0) is 12.8. The summed E-state index contributed by atoms with van der Waals surface area (Å²) >= 11 is 0. The van der Waals surface area contributed by atoms with E-state index in [0.29, 0.717) is 18.3 Å². The molecule has 0 heterocycles. The summed E-state index contributed by atoms with van der Waals surface area (Å²) < 4.78 is 5.59. The first-order valence-electron chi connectivity index (χ1n) is 7.00. The lowest BCUT2D eigenvalue weighted by molar-refractivity contribution is -0.155. The van der Waals surface area contributed by atoms with E-state index >= 15 is 0 Å². The van der Waals surface area contributed by atoms with Gasteiger partial charge in [-0.2, -0.15) is 0 Å². The Balaban J connectivity index is 2.43. The fraction of sp³-hybridized carbons (Fsp3) is 0.929. The zero-order valence-corrected chi connectivity index (χ0v) is 11.4. The SMILES string of the molecule is CCC1CCCCC1OC(=O)C(N)CC(C)C. The molecule has 0 aromatic carbocycles.